The summed E-state index contributed by atoms with van der Waals surface area (Å²) in [5.41, 5.74) is 0.727. The number of hydrogen-bond acceptors (Lipinski definition) is 3. The van der Waals surface area contributed by atoms with Gasteiger partial charge in [0.1, 0.15) is 5.60 Å². The van der Waals surface area contributed by atoms with Crippen molar-refractivity contribution in [3.63, 3.8) is 0 Å². The number of hydrogen-bond donors (Lipinski definition) is 1. The topological polar surface area (TPSA) is 58.6 Å². The van der Waals surface area contributed by atoms with E-state index in [1.807, 2.05) is 39.0 Å². The third-order valence-corrected chi connectivity index (χ3v) is 4.73. The van der Waals surface area contributed by atoms with Gasteiger partial charge in [0.05, 0.1) is 5.92 Å². The quantitative estimate of drug-likeness (QED) is 0.865. The van der Waals surface area contributed by atoms with Crippen molar-refractivity contribution >= 4 is 12.0 Å². The second-order valence-corrected chi connectivity index (χ2v) is 8.03. The van der Waals surface area contributed by atoms with Crippen LogP contribution >= 0.6 is 0 Å². The fraction of sp³-hybridized carbons (Fsp3) is 0.619. The molecular formula is C21H32N2O3. The third kappa shape index (κ3) is 6.04. The van der Waals surface area contributed by atoms with Crippen molar-refractivity contribution in [1.29, 1.82) is 0 Å². The first-order valence-corrected chi connectivity index (χ1v) is 9.60. The molecule has 1 aliphatic rings. The van der Waals surface area contributed by atoms with Gasteiger partial charge in [-0.05, 0) is 45.6 Å². The second kappa shape index (κ2) is 9.06. The van der Waals surface area contributed by atoms with Gasteiger partial charge in [-0.1, -0.05) is 37.3 Å². The maximum atomic E-state index is 12.6. The number of carbonyl (C=O) groups is 2. The Bertz CT molecular complexity index is 595. The molecule has 0 saturated carbocycles. The van der Waals surface area contributed by atoms with Crippen LogP contribution in [0.1, 0.15) is 58.4 Å². The zero-order chi connectivity index (χ0) is 19.2. The molecule has 26 heavy (non-hydrogen) atoms. The highest BCUT2D eigenvalue weighted by Crippen LogP contribution is 2.21. The van der Waals surface area contributed by atoms with Crippen molar-refractivity contribution in [2.24, 2.45) is 5.92 Å². The molecule has 144 valence electrons. The van der Waals surface area contributed by atoms with Crippen molar-refractivity contribution in [3.05, 3.63) is 35.9 Å². The first-order chi connectivity index (χ1) is 12.3. The number of amides is 2. The molecule has 5 heteroatoms. The van der Waals surface area contributed by atoms with E-state index in [1.54, 1.807) is 4.90 Å². The van der Waals surface area contributed by atoms with Gasteiger partial charge in [-0.15, -0.1) is 0 Å². The molecule has 2 amide bonds. The van der Waals surface area contributed by atoms with E-state index in [0.29, 0.717) is 25.6 Å². The Morgan fingerprint density at radius 1 is 1.27 bits per heavy atom. The maximum absolute atomic E-state index is 12.6. The summed E-state index contributed by atoms with van der Waals surface area (Å²) in [7, 11) is 0. The Morgan fingerprint density at radius 3 is 2.58 bits per heavy atom. The van der Waals surface area contributed by atoms with Gasteiger partial charge in [-0.25, -0.2) is 4.79 Å². The number of ether oxygens (including phenoxy) is 1. The molecule has 0 bridgehead atoms. The van der Waals surface area contributed by atoms with Gasteiger partial charge in [-0.2, -0.15) is 0 Å². The first kappa shape index (κ1) is 20.3. The first-order valence-electron chi connectivity index (χ1n) is 9.60. The summed E-state index contributed by atoms with van der Waals surface area (Å²) in [6.45, 7) is 9.41. The minimum absolute atomic E-state index is 0.0349. The fourth-order valence-electron chi connectivity index (χ4n) is 3.27. The van der Waals surface area contributed by atoms with Crippen LogP contribution in [0.2, 0.25) is 0 Å². The fourth-order valence-corrected chi connectivity index (χ4v) is 3.27. The minimum atomic E-state index is -0.518. The molecule has 2 atom stereocenters. The van der Waals surface area contributed by atoms with Gasteiger partial charge in [0, 0.05) is 25.6 Å². The molecule has 0 aromatic heterocycles. The van der Waals surface area contributed by atoms with E-state index in [0.717, 1.165) is 19.3 Å². The van der Waals surface area contributed by atoms with Gasteiger partial charge in [0.25, 0.3) is 0 Å². The molecular weight excluding hydrogens is 328 g/mol. The smallest absolute Gasteiger partial charge is 0.410 e. The van der Waals surface area contributed by atoms with Crippen LogP contribution in [-0.2, 0) is 9.53 Å². The standard InChI is InChI=1S/C21H32N2O3/c1-5-16(17-10-7-6-8-11-17)14-22-19(24)18-12-9-13-23(15-18)20(25)26-21(2,3)4/h6-8,10-11,16,18H,5,9,12-15H2,1-4H3,(H,22,24). The van der Waals surface area contributed by atoms with Crippen molar-refractivity contribution in [2.45, 2.75) is 58.5 Å². The lowest BCUT2D eigenvalue weighted by Gasteiger charge is -2.33. The Hall–Kier alpha value is -2.04. The molecule has 0 spiro atoms. The van der Waals surface area contributed by atoms with E-state index in [-0.39, 0.29) is 17.9 Å². The van der Waals surface area contributed by atoms with Crippen LogP contribution in [0.4, 0.5) is 4.79 Å². The number of likely N-dealkylation sites (tertiary alicyclic amines) is 1. The average molecular weight is 360 g/mol. The molecule has 1 aliphatic heterocycles. The Balaban J connectivity index is 1.87. The molecule has 5 nitrogen and oxygen atoms in total. The number of piperidine rings is 1. The number of carbonyl (C=O) groups excluding carboxylic acids is 2. The largest absolute Gasteiger partial charge is 0.444 e. The van der Waals surface area contributed by atoms with Crippen molar-refractivity contribution in [3.8, 4) is 0 Å². The average Bonchev–Trinajstić information content (AvgIpc) is 2.61. The van der Waals surface area contributed by atoms with Gasteiger partial charge in [0.15, 0.2) is 0 Å². The van der Waals surface area contributed by atoms with Crippen molar-refractivity contribution in [1.82, 2.24) is 10.2 Å². The lowest BCUT2D eigenvalue weighted by atomic mass is 9.94. The minimum Gasteiger partial charge on any atom is -0.444 e. The number of rotatable bonds is 5. The number of nitrogens with zero attached hydrogens (tertiary/aromatic N) is 1. The second-order valence-electron chi connectivity index (χ2n) is 8.03. The molecule has 1 N–H and O–H groups in total. The molecule has 1 fully saturated rings. The summed E-state index contributed by atoms with van der Waals surface area (Å²) < 4.78 is 5.43. The van der Waals surface area contributed by atoms with E-state index in [2.05, 4.69) is 24.4 Å². The van der Waals surface area contributed by atoms with Crippen molar-refractivity contribution < 1.29 is 14.3 Å². The van der Waals surface area contributed by atoms with E-state index in [9.17, 15) is 9.59 Å². The van der Waals surface area contributed by atoms with Gasteiger partial charge >= 0.3 is 6.09 Å². The summed E-state index contributed by atoms with van der Waals surface area (Å²) in [5.74, 6) is 0.183. The Labute approximate surface area is 157 Å². The summed E-state index contributed by atoms with van der Waals surface area (Å²) >= 11 is 0. The SMILES string of the molecule is CCC(CNC(=O)C1CCCN(C(=O)OC(C)(C)C)C1)c1ccccc1. The van der Waals surface area contributed by atoms with Gasteiger partial charge in [0.2, 0.25) is 5.91 Å². The third-order valence-electron chi connectivity index (χ3n) is 4.73. The van der Waals surface area contributed by atoms with Crippen LogP contribution in [-0.4, -0.2) is 42.1 Å². The molecule has 1 aromatic rings. The summed E-state index contributed by atoms with van der Waals surface area (Å²) in [5, 5.41) is 3.09. The Kier molecular flexibility index (Phi) is 7.06. The van der Waals surface area contributed by atoms with Crippen LogP contribution in [0.25, 0.3) is 0 Å². The lowest BCUT2D eigenvalue weighted by Crippen LogP contribution is -2.47. The van der Waals surface area contributed by atoms with E-state index < -0.39 is 5.60 Å². The summed E-state index contributed by atoms with van der Waals surface area (Å²) in [4.78, 5) is 26.5. The Morgan fingerprint density at radius 2 is 1.96 bits per heavy atom. The highest BCUT2D eigenvalue weighted by molar-refractivity contribution is 5.80. The maximum Gasteiger partial charge on any atom is 0.410 e. The molecule has 0 aliphatic carbocycles. The number of benzene rings is 1. The molecule has 0 radical (unpaired) electrons. The van der Waals surface area contributed by atoms with Crippen LogP contribution in [0.3, 0.4) is 0 Å². The lowest BCUT2D eigenvalue weighted by molar-refractivity contribution is -0.126. The highest BCUT2D eigenvalue weighted by Gasteiger charge is 2.31. The molecule has 1 saturated heterocycles. The molecule has 2 rings (SSSR count). The zero-order valence-corrected chi connectivity index (χ0v) is 16.5. The van der Waals surface area contributed by atoms with Crippen LogP contribution in [0.15, 0.2) is 30.3 Å². The van der Waals surface area contributed by atoms with Crippen LogP contribution in [0.5, 0.6) is 0 Å². The van der Waals surface area contributed by atoms with E-state index in [4.69, 9.17) is 4.74 Å². The van der Waals surface area contributed by atoms with E-state index in [1.165, 1.54) is 5.56 Å². The predicted octanol–water partition coefficient (Wildman–Crippen LogP) is 3.94. The van der Waals surface area contributed by atoms with Gasteiger partial charge < -0.3 is 15.0 Å². The highest BCUT2D eigenvalue weighted by atomic mass is 16.6. The molecule has 1 heterocycles. The summed E-state index contributed by atoms with van der Waals surface area (Å²) in [6.07, 6.45) is 2.28. The molecule has 2 unspecified atom stereocenters. The van der Waals surface area contributed by atoms with Crippen molar-refractivity contribution in [2.75, 3.05) is 19.6 Å². The van der Waals surface area contributed by atoms with E-state index >= 15 is 0 Å². The van der Waals surface area contributed by atoms with Gasteiger partial charge in [-0.3, -0.25) is 4.79 Å². The molecule has 1 aromatic carbocycles. The van der Waals surface area contributed by atoms with Crippen LogP contribution in [0, 0.1) is 5.92 Å². The van der Waals surface area contributed by atoms with Crippen LogP contribution < -0.4 is 5.32 Å². The zero-order valence-electron chi connectivity index (χ0n) is 16.5. The predicted molar refractivity (Wildman–Crippen MR) is 103 cm³/mol. The normalized spacial score (nSPS) is 18.9. The monoisotopic (exact) mass is 360 g/mol. The number of nitrogens with one attached hydrogen (secondary N) is 1. The summed E-state index contributed by atoms with van der Waals surface area (Å²) in [6, 6.07) is 10.3.